The summed E-state index contributed by atoms with van der Waals surface area (Å²) in [4.78, 5) is 34.8. The van der Waals surface area contributed by atoms with Crippen LogP contribution in [0.3, 0.4) is 0 Å². The van der Waals surface area contributed by atoms with Crippen molar-refractivity contribution in [3.8, 4) is 0 Å². The van der Waals surface area contributed by atoms with Crippen LogP contribution in [0.15, 0.2) is 30.3 Å². The molecule has 0 unspecified atom stereocenters. The van der Waals surface area contributed by atoms with E-state index in [9.17, 15) is 14.4 Å². The molecular formula is C14H19N3O3. The van der Waals surface area contributed by atoms with Crippen LogP contribution in [0.5, 0.6) is 0 Å². The molecule has 0 saturated heterocycles. The van der Waals surface area contributed by atoms with Gasteiger partial charge in [-0.25, -0.2) is 0 Å². The highest BCUT2D eigenvalue weighted by Crippen LogP contribution is 2.02. The maximum absolute atomic E-state index is 11.8. The lowest BCUT2D eigenvalue weighted by Gasteiger charge is -2.16. The highest BCUT2D eigenvalue weighted by Gasteiger charge is 2.17. The topological polar surface area (TPSA) is 78.5 Å². The predicted octanol–water partition coefficient (Wildman–Crippen LogP) is -0.103. The first-order chi connectivity index (χ1) is 9.65. The molecule has 108 valence electrons. The Hall–Kier alpha value is -2.37. The van der Waals surface area contributed by atoms with Gasteiger partial charge in [0.05, 0.1) is 0 Å². The molecule has 0 saturated carbocycles. The summed E-state index contributed by atoms with van der Waals surface area (Å²) in [7, 11) is 1.59. The largest absolute Gasteiger partial charge is 0.359 e. The van der Waals surface area contributed by atoms with Gasteiger partial charge in [-0.3, -0.25) is 14.4 Å². The van der Waals surface area contributed by atoms with Crippen molar-refractivity contribution in [3.63, 3.8) is 0 Å². The molecule has 2 N–H and O–H groups in total. The molecule has 1 aromatic rings. The van der Waals surface area contributed by atoms with Crippen LogP contribution in [0.2, 0.25) is 0 Å². The van der Waals surface area contributed by atoms with Crippen LogP contribution < -0.4 is 10.6 Å². The van der Waals surface area contributed by atoms with Crippen LogP contribution in [-0.4, -0.2) is 43.3 Å². The molecular weight excluding hydrogens is 258 g/mol. The van der Waals surface area contributed by atoms with Crippen molar-refractivity contribution in [2.24, 2.45) is 0 Å². The second-order valence-corrected chi connectivity index (χ2v) is 4.33. The van der Waals surface area contributed by atoms with Crippen LogP contribution in [0, 0.1) is 0 Å². The van der Waals surface area contributed by atoms with Crippen LogP contribution in [0.1, 0.15) is 12.0 Å². The Morgan fingerprint density at radius 3 is 2.55 bits per heavy atom. The number of hydrogen-bond acceptors (Lipinski definition) is 3. The quantitative estimate of drug-likeness (QED) is 0.415. The first-order valence-electron chi connectivity index (χ1n) is 6.39. The number of rotatable bonds is 7. The molecule has 0 aliphatic rings. The summed E-state index contributed by atoms with van der Waals surface area (Å²) < 4.78 is 0. The van der Waals surface area contributed by atoms with Crippen LogP contribution >= 0.6 is 0 Å². The van der Waals surface area contributed by atoms with Crippen molar-refractivity contribution in [2.75, 3.05) is 20.1 Å². The molecule has 0 heterocycles. The summed E-state index contributed by atoms with van der Waals surface area (Å²) >= 11 is 0. The van der Waals surface area contributed by atoms with Gasteiger partial charge in [-0.2, -0.15) is 0 Å². The Balaban J connectivity index is 2.32. The number of likely N-dealkylation sites (N-methyl/N-ethyl adjacent to an activating group) is 1. The smallest absolute Gasteiger partial charge is 0.311 e. The Labute approximate surface area is 118 Å². The Bertz CT molecular complexity index is 448. The molecule has 1 aromatic carbocycles. The summed E-state index contributed by atoms with van der Waals surface area (Å²) in [6, 6.07) is 9.45. The van der Waals surface area contributed by atoms with E-state index in [2.05, 4.69) is 10.6 Å². The molecule has 0 aliphatic heterocycles. The highest BCUT2D eigenvalue weighted by molar-refractivity contribution is 6.34. The molecule has 6 nitrogen and oxygen atoms in total. The van der Waals surface area contributed by atoms with Gasteiger partial charge < -0.3 is 15.5 Å². The number of carbonyl (C=O) groups is 3. The van der Waals surface area contributed by atoms with Gasteiger partial charge in [-0.1, -0.05) is 30.3 Å². The van der Waals surface area contributed by atoms with Gasteiger partial charge in [0.2, 0.25) is 6.41 Å². The fourth-order valence-electron chi connectivity index (χ4n) is 1.63. The molecule has 1 rings (SSSR count). The number of amides is 3. The molecule has 20 heavy (non-hydrogen) atoms. The van der Waals surface area contributed by atoms with E-state index in [1.54, 1.807) is 7.05 Å². The van der Waals surface area contributed by atoms with Gasteiger partial charge >= 0.3 is 11.8 Å². The monoisotopic (exact) mass is 277 g/mol. The van der Waals surface area contributed by atoms with Gasteiger partial charge in [0.15, 0.2) is 0 Å². The zero-order valence-corrected chi connectivity index (χ0v) is 11.5. The summed E-state index contributed by atoms with van der Waals surface area (Å²) in [6.45, 7) is 1.21. The maximum atomic E-state index is 11.8. The van der Waals surface area contributed by atoms with Crippen molar-refractivity contribution in [1.82, 2.24) is 15.5 Å². The molecule has 3 amide bonds. The Morgan fingerprint density at radius 2 is 1.90 bits per heavy atom. The SMILES string of the molecule is CN(Cc1ccccc1)C(=O)C(=O)NCCCNC=O. The summed E-state index contributed by atoms with van der Waals surface area (Å²) in [5, 5.41) is 5.00. The third kappa shape index (κ3) is 5.51. The van der Waals surface area contributed by atoms with Gasteiger partial charge in [-0.15, -0.1) is 0 Å². The lowest BCUT2D eigenvalue weighted by Crippen LogP contribution is -2.41. The van der Waals surface area contributed by atoms with Crippen molar-refractivity contribution in [3.05, 3.63) is 35.9 Å². The lowest BCUT2D eigenvalue weighted by molar-refractivity contribution is -0.145. The molecule has 0 radical (unpaired) electrons. The summed E-state index contributed by atoms with van der Waals surface area (Å²) in [5.41, 5.74) is 0.964. The summed E-state index contributed by atoms with van der Waals surface area (Å²) in [5.74, 6) is -1.20. The molecule has 0 aliphatic carbocycles. The second-order valence-electron chi connectivity index (χ2n) is 4.33. The van der Waals surface area contributed by atoms with Gasteiger partial charge in [-0.05, 0) is 12.0 Å². The third-order valence-corrected chi connectivity index (χ3v) is 2.67. The minimum absolute atomic E-state index is 0.352. The van der Waals surface area contributed by atoms with E-state index in [4.69, 9.17) is 0 Å². The maximum Gasteiger partial charge on any atom is 0.311 e. The normalized spacial score (nSPS) is 9.65. The standard InChI is InChI=1S/C14H19N3O3/c1-17(10-12-6-3-2-4-7-12)14(20)13(19)16-9-5-8-15-11-18/h2-4,6-7,11H,5,8-10H2,1H3,(H,15,18)(H,16,19). The molecule has 0 fully saturated rings. The van der Waals surface area contributed by atoms with Gasteiger partial charge in [0.25, 0.3) is 0 Å². The van der Waals surface area contributed by atoms with E-state index in [-0.39, 0.29) is 0 Å². The highest BCUT2D eigenvalue weighted by atomic mass is 16.2. The summed E-state index contributed by atoms with van der Waals surface area (Å²) in [6.07, 6.45) is 1.18. The second kappa shape index (κ2) is 8.68. The average Bonchev–Trinajstić information content (AvgIpc) is 2.47. The molecule has 0 atom stereocenters. The van der Waals surface area contributed by atoms with Crippen LogP contribution in [-0.2, 0) is 20.9 Å². The molecule has 0 spiro atoms. The zero-order chi connectivity index (χ0) is 14.8. The van der Waals surface area contributed by atoms with Crippen molar-refractivity contribution in [2.45, 2.75) is 13.0 Å². The van der Waals surface area contributed by atoms with Crippen LogP contribution in [0.4, 0.5) is 0 Å². The van der Waals surface area contributed by atoms with E-state index >= 15 is 0 Å². The number of nitrogens with zero attached hydrogens (tertiary/aromatic N) is 1. The predicted molar refractivity (Wildman–Crippen MR) is 74.6 cm³/mol. The van der Waals surface area contributed by atoms with Crippen molar-refractivity contribution < 1.29 is 14.4 Å². The first kappa shape index (κ1) is 15.7. The van der Waals surface area contributed by atoms with Crippen molar-refractivity contribution in [1.29, 1.82) is 0 Å². The molecule has 6 heteroatoms. The minimum atomic E-state index is -0.630. The minimum Gasteiger partial charge on any atom is -0.359 e. The number of hydrogen-bond donors (Lipinski definition) is 2. The van der Waals surface area contributed by atoms with Crippen molar-refractivity contribution >= 4 is 18.2 Å². The Morgan fingerprint density at radius 1 is 1.20 bits per heavy atom. The van der Waals surface area contributed by atoms with E-state index in [0.717, 1.165) is 5.56 Å². The van der Waals surface area contributed by atoms with Gasteiger partial charge in [0, 0.05) is 26.7 Å². The molecule has 0 bridgehead atoms. The van der Waals surface area contributed by atoms with E-state index in [0.29, 0.717) is 32.5 Å². The fourth-order valence-corrected chi connectivity index (χ4v) is 1.63. The number of carbonyl (C=O) groups excluding carboxylic acids is 3. The fraction of sp³-hybridized carbons (Fsp3) is 0.357. The first-order valence-corrected chi connectivity index (χ1v) is 6.39. The van der Waals surface area contributed by atoms with Crippen LogP contribution in [0.25, 0.3) is 0 Å². The molecule has 0 aromatic heterocycles. The third-order valence-electron chi connectivity index (χ3n) is 2.67. The number of benzene rings is 1. The zero-order valence-electron chi connectivity index (χ0n) is 11.5. The van der Waals surface area contributed by atoms with E-state index < -0.39 is 11.8 Å². The van der Waals surface area contributed by atoms with E-state index in [1.807, 2.05) is 30.3 Å². The van der Waals surface area contributed by atoms with E-state index in [1.165, 1.54) is 4.90 Å². The Kier molecular flexibility index (Phi) is 6.81. The number of nitrogens with one attached hydrogen (secondary N) is 2. The average molecular weight is 277 g/mol. The van der Waals surface area contributed by atoms with Gasteiger partial charge in [0.1, 0.15) is 0 Å². The lowest BCUT2D eigenvalue weighted by atomic mass is 10.2.